The number of ether oxygens (including phenoxy) is 1. The smallest absolute Gasteiger partial charge is 0.346 e. The molecule has 1 saturated heterocycles. The fourth-order valence-corrected chi connectivity index (χ4v) is 5.18. The van der Waals surface area contributed by atoms with Gasteiger partial charge in [0.2, 0.25) is 0 Å². The van der Waals surface area contributed by atoms with Crippen molar-refractivity contribution in [3.05, 3.63) is 82.0 Å². The molecule has 2 aromatic carbocycles. The zero-order valence-corrected chi connectivity index (χ0v) is 17.5. The zero-order valence-electron chi connectivity index (χ0n) is 16.7. The van der Waals surface area contributed by atoms with Crippen molar-refractivity contribution in [3.8, 4) is 16.8 Å². The molecule has 1 N–H and O–H groups in total. The highest BCUT2D eigenvalue weighted by Crippen LogP contribution is 2.39. The highest BCUT2D eigenvalue weighted by molar-refractivity contribution is 7.21. The predicted molar refractivity (Wildman–Crippen MR) is 123 cm³/mol. The number of carbonyl (C=O) groups is 1. The van der Waals surface area contributed by atoms with Gasteiger partial charge in [0.05, 0.1) is 18.9 Å². The van der Waals surface area contributed by atoms with Crippen LogP contribution in [0.15, 0.2) is 71.5 Å². The number of carboxylic acids is 1. The number of rotatable bonds is 4. The number of morpholine rings is 1. The van der Waals surface area contributed by atoms with Crippen molar-refractivity contribution in [3.63, 3.8) is 0 Å². The van der Waals surface area contributed by atoms with Gasteiger partial charge in [0.1, 0.15) is 9.71 Å². The molecule has 1 aliphatic heterocycles. The summed E-state index contributed by atoms with van der Waals surface area (Å²) in [5.74, 6) is -0.998. The minimum atomic E-state index is -0.998. The summed E-state index contributed by atoms with van der Waals surface area (Å²) in [5, 5.41) is 10.6. The molecule has 0 saturated carbocycles. The van der Waals surface area contributed by atoms with Crippen molar-refractivity contribution < 1.29 is 14.6 Å². The lowest BCUT2D eigenvalue weighted by atomic mass is 10.0. The number of thiophene rings is 1. The normalized spacial score (nSPS) is 14.1. The number of carboxylic acid groups (broad SMARTS) is 1. The van der Waals surface area contributed by atoms with E-state index in [1.54, 1.807) is 10.6 Å². The van der Waals surface area contributed by atoms with Crippen molar-refractivity contribution >= 4 is 33.2 Å². The maximum Gasteiger partial charge on any atom is 0.346 e. The molecule has 0 bridgehead atoms. The van der Waals surface area contributed by atoms with Gasteiger partial charge in [-0.1, -0.05) is 30.3 Å². The standard InChI is InChI=1S/C24H20N2O4S/c27-20-11-10-19-21(16-4-2-1-3-5-16)22(24(28)29)31-23(19)26(20)18-8-6-17(7-9-18)25-12-14-30-15-13-25/h1-11H,12-15H2,(H,28,29). The first-order valence-electron chi connectivity index (χ1n) is 10.0. The van der Waals surface area contributed by atoms with Crippen LogP contribution in [0.1, 0.15) is 9.67 Å². The Balaban J connectivity index is 1.67. The van der Waals surface area contributed by atoms with Crippen LogP contribution in [-0.2, 0) is 4.74 Å². The van der Waals surface area contributed by atoms with Crippen molar-refractivity contribution in [1.82, 2.24) is 4.57 Å². The van der Waals surface area contributed by atoms with Gasteiger partial charge in [-0.3, -0.25) is 9.36 Å². The molecular formula is C24H20N2O4S. The summed E-state index contributed by atoms with van der Waals surface area (Å²) in [6, 6.07) is 20.5. The summed E-state index contributed by atoms with van der Waals surface area (Å²) in [7, 11) is 0. The van der Waals surface area contributed by atoms with E-state index in [1.807, 2.05) is 54.6 Å². The van der Waals surface area contributed by atoms with Crippen LogP contribution in [0.2, 0.25) is 0 Å². The van der Waals surface area contributed by atoms with Crippen molar-refractivity contribution in [2.24, 2.45) is 0 Å². The largest absolute Gasteiger partial charge is 0.477 e. The number of anilines is 1. The molecule has 1 aliphatic rings. The quantitative estimate of drug-likeness (QED) is 0.522. The van der Waals surface area contributed by atoms with E-state index in [0.29, 0.717) is 29.3 Å². The molecule has 4 aromatic rings. The van der Waals surface area contributed by atoms with Crippen LogP contribution in [0.4, 0.5) is 5.69 Å². The van der Waals surface area contributed by atoms with Gasteiger partial charge in [-0.25, -0.2) is 4.79 Å². The second-order valence-electron chi connectivity index (χ2n) is 7.32. The van der Waals surface area contributed by atoms with Gasteiger partial charge in [0, 0.05) is 35.8 Å². The Morgan fingerprint density at radius 1 is 0.903 bits per heavy atom. The molecule has 3 heterocycles. The average Bonchev–Trinajstić information content (AvgIpc) is 3.20. The maximum atomic E-state index is 12.8. The van der Waals surface area contributed by atoms with E-state index in [1.165, 1.54) is 6.07 Å². The number of aromatic nitrogens is 1. The minimum Gasteiger partial charge on any atom is -0.477 e. The van der Waals surface area contributed by atoms with E-state index in [4.69, 9.17) is 4.74 Å². The van der Waals surface area contributed by atoms with Crippen molar-refractivity contribution in [2.75, 3.05) is 31.2 Å². The highest BCUT2D eigenvalue weighted by Gasteiger charge is 2.22. The maximum absolute atomic E-state index is 12.8. The molecule has 0 amide bonds. The molecule has 7 heteroatoms. The number of aromatic carboxylic acids is 1. The van der Waals surface area contributed by atoms with E-state index < -0.39 is 5.97 Å². The second kappa shape index (κ2) is 8.02. The third kappa shape index (κ3) is 3.52. The Labute approximate surface area is 182 Å². The molecule has 0 aliphatic carbocycles. The Kier molecular flexibility index (Phi) is 5.05. The van der Waals surface area contributed by atoms with Gasteiger partial charge in [0.25, 0.3) is 5.56 Å². The molecule has 2 aromatic heterocycles. The Bertz CT molecular complexity index is 1300. The number of hydrogen-bond acceptors (Lipinski definition) is 5. The summed E-state index contributed by atoms with van der Waals surface area (Å²) < 4.78 is 7.01. The molecular weight excluding hydrogens is 412 g/mol. The summed E-state index contributed by atoms with van der Waals surface area (Å²) >= 11 is 1.13. The number of nitrogens with zero attached hydrogens (tertiary/aromatic N) is 2. The third-order valence-electron chi connectivity index (χ3n) is 5.48. The molecule has 0 unspecified atom stereocenters. The van der Waals surface area contributed by atoms with Gasteiger partial charge in [-0.05, 0) is 35.9 Å². The van der Waals surface area contributed by atoms with E-state index in [0.717, 1.165) is 41.1 Å². The monoisotopic (exact) mass is 432 g/mol. The molecule has 1 fully saturated rings. The first-order valence-corrected chi connectivity index (χ1v) is 10.9. The van der Waals surface area contributed by atoms with Crippen LogP contribution in [-0.4, -0.2) is 41.9 Å². The lowest BCUT2D eigenvalue weighted by Crippen LogP contribution is -2.36. The molecule has 0 spiro atoms. The summed E-state index contributed by atoms with van der Waals surface area (Å²) in [6.07, 6.45) is 0. The Hall–Kier alpha value is -3.42. The Morgan fingerprint density at radius 3 is 2.26 bits per heavy atom. The minimum absolute atomic E-state index is 0.190. The molecule has 156 valence electrons. The van der Waals surface area contributed by atoms with E-state index in [9.17, 15) is 14.7 Å². The zero-order chi connectivity index (χ0) is 21.4. The van der Waals surface area contributed by atoms with E-state index in [-0.39, 0.29) is 10.4 Å². The lowest BCUT2D eigenvalue weighted by Gasteiger charge is -2.29. The van der Waals surface area contributed by atoms with Crippen molar-refractivity contribution in [1.29, 1.82) is 0 Å². The highest BCUT2D eigenvalue weighted by atomic mass is 32.1. The number of pyridine rings is 1. The van der Waals surface area contributed by atoms with E-state index in [2.05, 4.69) is 4.90 Å². The molecule has 5 rings (SSSR count). The molecule has 0 atom stereocenters. The van der Waals surface area contributed by atoms with Gasteiger partial charge in [-0.15, -0.1) is 11.3 Å². The SMILES string of the molecule is O=C(O)c1sc2c(ccc(=O)n2-c2ccc(N3CCOCC3)cc2)c1-c1ccccc1. The second-order valence-corrected chi connectivity index (χ2v) is 8.32. The Morgan fingerprint density at radius 2 is 1.58 bits per heavy atom. The summed E-state index contributed by atoms with van der Waals surface area (Å²) in [6.45, 7) is 3.08. The summed E-state index contributed by atoms with van der Waals surface area (Å²) in [4.78, 5) is 28.0. The first-order chi connectivity index (χ1) is 15.1. The predicted octanol–water partition coefficient (Wildman–Crippen LogP) is 4.25. The molecule has 0 radical (unpaired) electrons. The van der Waals surface area contributed by atoms with Crippen LogP contribution in [0, 0.1) is 0 Å². The lowest BCUT2D eigenvalue weighted by molar-refractivity contribution is 0.0703. The van der Waals surface area contributed by atoms with Crippen LogP contribution < -0.4 is 10.5 Å². The van der Waals surface area contributed by atoms with E-state index >= 15 is 0 Å². The van der Waals surface area contributed by atoms with Crippen LogP contribution in [0.25, 0.3) is 27.0 Å². The first kappa shape index (κ1) is 19.5. The van der Waals surface area contributed by atoms with Crippen LogP contribution >= 0.6 is 11.3 Å². The van der Waals surface area contributed by atoms with Gasteiger partial charge in [0.15, 0.2) is 0 Å². The number of hydrogen-bond donors (Lipinski definition) is 1. The van der Waals surface area contributed by atoms with Crippen LogP contribution in [0.5, 0.6) is 0 Å². The van der Waals surface area contributed by atoms with Crippen LogP contribution in [0.3, 0.4) is 0 Å². The fourth-order valence-electron chi connectivity index (χ4n) is 4.00. The number of benzene rings is 2. The van der Waals surface area contributed by atoms with Gasteiger partial charge >= 0.3 is 5.97 Å². The van der Waals surface area contributed by atoms with Gasteiger partial charge in [-0.2, -0.15) is 0 Å². The van der Waals surface area contributed by atoms with Crippen molar-refractivity contribution in [2.45, 2.75) is 0 Å². The molecule has 31 heavy (non-hydrogen) atoms. The van der Waals surface area contributed by atoms with Gasteiger partial charge < -0.3 is 14.7 Å². The fraction of sp³-hybridized carbons (Fsp3) is 0.167. The average molecular weight is 433 g/mol. The third-order valence-corrected chi connectivity index (χ3v) is 6.66. The molecule has 6 nitrogen and oxygen atoms in total. The number of fused-ring (bicyclic) bond motifs is 1. The topological polar surface area (TPSA) is 71.8 Å². The summed E-state index contributed by atoms with van der Waals surface area (Å²) in [5.41, 5.74) is 3.07.